The number of nitrogens with zero attached hydrogens (tertiary/aromatic N) is 4. The van der Waals surface area contributed by atoms with Crippen LogP contribution < -0.4 is 9.64 Å². The molecule has 0 fully saturated rings. The van der Waals surface area contributed by atoms with E-state index in [2.05, 4.69) is 19.7 Å². The van der Waals surface area contributed by atoms with Crippen molar-refractivity contribution in [2.24, 2.45) is 0 Å². The number of aromatic nitrogens is 3. The molecule has 4 rings (SSSR count). The molecule has 1 aliphatic rings. The van der Waals surface area contributed by atoms with Crippen LogP contribution in [0.1, 0.15) is 17.3 Å². The first kappa shape index (κ1) is 18.8. The van der Waals surface area contributed by atoms with E-state index in [9.17, 15) is 4.79 Å². The second-order valence-corrected chi connectivity index (χ2v) is 7.61. The van der Waals surface area contributed by atoms with Gasteiger partial charge in [0.05, 0.1) is 12.4 Å². The van der Waals surface area contributed by atoms with E-state index < -0.39 is 0 Å². The molecular weight excluding hydrogens is 396 g/mol. The average molecular weight is 415 g/mol. The number of halogens is 1. The maximum Gasteiger partial charge on any atom is 0.232 e. The third-order valence-electron chi connectivity index (χ3n) is 4.44. The van der Waals surface area contributed by atoms with Gasteiger partial charge in [0.2, 0.25) is 5.95 Å². The quantitative estimate of drug-likeness (QED) is 0.420. The first-order chi connectivity index (χ1) is 13.7. The fourth-order valence-electron chi connectivity index (χ4n) is 3.07. The maximum atomic E-state index is 12.4. The number of fused-ring (bicyclic) bond motifs is 1. The molecule has 0 atom stereocenters. The summed E-state index contributed by atoms with van der Waals surface area (Å²) in [7, 11) is 0. The van der Waals surface area contributed by atoms with Gasteiger partial charge in [0.15, 0.2) is 10.9 Å². The Bertz CT molecular complexity index is 973. The Morgan fingerprint density at radius 3 is 2.57 bits per heavy atom. The Morgan fingerprint density at radius 2 is 1.86 bits per heavy atom. The Balaban J connectivity index is 1.44. The van der Waals surface area contributed by atoms with Gasteiger partial charge in [-0.25, -0.2) is 0 Å². The van der Waals surface area contributed by atoms with Crippen LogP contribution in [0.5, 0.6) is 5.75 Å². The van der Waals surface area contributed by atoms with Crippen molar-refractivity contribution < 1.29 is 9.53 Å². The van der Waals surface area contributed by atoms with Crippen LogP contribution in [0.25, 0.3) is 0 Å². The van der Waals surface area contributed by atoms with Crippen molar-refractivity contribution in [1.82, 2.24) is 14.8 Å². The molecule has 2 heterocycles. The topological polar surface area (TPSA) is 60.2 Å². The van der Waals surface area contributed by atoms with Crippen LogP contribution in [0.4, 0.5) is 11.6 Å². The molecule has 2 aromatic carbocycles. The second-order valence-electron chi connectivity index (χ2n) is 6.23. The second kappa shape index (κ2) is 8.24. The first-order valence-corrected chi connectivity index (χ1v) is 10.4. The Kier molecular flexibility index (Phi) is 5.54. The normalized spacial score (nSPS) is 12.9. The van der Waals surface area contributed by atoms with Gasteiger partial charge in [-0.1, -0.05) is 23.4 Å². The predicted octanol–water partition coefficient (Wildman–Crippen LogP) is 4.46. The van der Waals surface area contributed by atoms with E-state index in [1.807, 2.05) is 31.2 Å². The number of benzene rings is 2. The molecule has 1 aliphatic heterocycles. The fourth-order valence-corrected chi connectivity index (χ4v) is 4.05. The van der Waals surface area contributed by atoms with Crippen LogP contribution >= 0.6 is 23.4 Å². The van der Waals surface area contributed by atoms with E-state index in [-0.39, 0.29) is 5.78 Å². The van der Waals surface area contributed by atoms with Crippen LogP contribution in [-0.2, 0) is 6.54 Å². The minimum absolute atomic E-state index is 0.0420. The van der Waals surface area contributed by atoms with Crippen molar-refractivity contribution in [1.29, 1.82) is 0 Å². The molecule has 0 saturated carbocycles. The molecule has 0 amide bonds. The highest BCUT2D eigenvalue weighted by Crippen LogP contribution is 2.33. The van der Waals surface area contributed by atoms with Crippen LogP contribution in [-0.4, -0.2) is 39.5 Å². The van der Waals surface area contributed by atoms with E-state index in [1.54, 1.807) is 24.3 Å². The van der Waals surface area contributed by atoms with Crippen LogP contribution in [0.2, 0.25) is 5.02 Å². The average Bonchev–Trinajstić information content (AvgIpc) is 3.30. The number of ketones is 1. The van der Waals surface area contributed by atoms with Crippen LogP contribution in [0.3, 0.4) is 0 Å². The van der Waals surface area contributed by atoms with Gasteiger partial charge in [0.25, 0.3) is 0 Å². The summed E-state index contributed by atoms with van der Waals surface area (Å²) in [6.45, 7) is 4.21. The summed E-state index contributed by atoms with van der Waals surface area (Å²) >= 11 is 7.28. The summed E-state index contributed by atoms with van der Waals surface area (Å²) in [5.41, 5.74) is 1.69. The molecule has 0 spiro atoms. The smallest absolute Gasteiger partial charge is 0.232 e. The van der Waals surface area contributed by atoms with E-state index in [4.69, 9.17) is 16.3 Å². The van der Waals surface area contributed by atoms with Gasteiger partial charge in [-0.05, 0) is 55.5 Å². The van der Waals surface area contributed by atoms with Crippen molar-refractivity contribution >= 4 is 40.8 Å². The number of carbonyl (C=O) groups is 1. The summed E-state index contributed by atoms with van der Waals surface area (Å²) in [4.78, 5) is 14.5. The minimum Gasteiger partial charge on any atom is -0.494 e. The van der Waals surface area contributed by atoms with E-state index in [1.165, 1.54) is 11.8 Å². The highest BCUT2D eigenvalue weighted by atomic mass is 35.5. The zero-order chi connectivity index (χ0) is 19.5. The molecule has 0 aliphatic carbocycles. The van der Waals surface area contributed by atoms with Gasteiger partial charge in [-0.3, -0.25) is 9.36 Å². The summed E-state index contributed by atoms with van der Waals surface area (Å²) in [5.74, 6) is 2.00. The van der Waals surface area contributed by atoms with Crippen molar-refractivity contribution in [3.8, 4) is 5.75 Å². The van der Waals surface area contributed by atoms with E-state index in [0.29, 0.717) is 22.9 Å². The number of anilines is 2. The lowest BCUT2D eigenvalue weighted by Gasteiger charge is -2.15. The molecular formula is C20H19ClN4O2S. The Hall–Kier alpha value is -2.51. The zero-order valence-electron chi connectivity index (χ0n) is 15.3. The standard InChI is InChI=1S/C20H19ClN4O2S/c1-2-27-17-9-7-16(8-10-17)24-11-12-25-19(24)22-23-20(25)28-13-18(26)14-3-5-15(21)6-4-14/h3-10H,2,11-13H2,1H3. The van der Waals surface area contributed by atoms with Crippen LogP contribution in [0.15, 0.2) is 53.7 Å². The van der Waals surface area contributed by atoms with E-state index >= 15 is 0 Å². The molecule has 3 aromatic rings. The summed E-state index contributed by atoms with van der Waals surface area (Å²) in [5, 5.41) is 9.98. The molecule has 0 saturated heterocycles. The number of carbonyl (C=O) groups excluding carboxylic acids is 1. The molecule has 1 aromatic heterocycles. The van der Waals surface area contributed by atoms with Crippen molar-refractivity contribution in [3.05, 3.63) is 59.1 Å². The molecule has 0 unspecified atom stereocenters. The summed E-state index contributed by atoms with van der Waals surface area (Å²) < 4.78 is 7.55. The lowest BCUT2D eigenvalue weighted by molar-refractivity contribution is 0.102. The van der Waals surface area contributed by atoms with E-state index in [0.717, 1.165) is 35.6 Å². The number of hydrogen-bond donors (Lipinski definition) is 0. The first-order valence-electron chi connectivity index (χ1n) is 9.01. The third kappa shape index (κ3) is 3.86. The van der Waals surface area contributed by atoms with Gasteiger partial charge in [0, 0.05) is 29.4 Å². The number of rotatable bonds is 7. The molecule has 28 heavy (non-hydrogen) atoms. The zero-order valence-corrected chi connectivity index (χ0v) is 16.9. The lowest BCUT2D eigenvalue weighted by atomic mass is 10.1. The predicted molar refractivity (Wildman–Crippen MR) is 111 cm³/mol. The maximum absolute atomic E-state index is 12.4. The largest absolute Gasteiger partial charge is 0.494 e. The van der Waals surface area contributed by atoms with Crippen molar-refractivity contribution in [3.63, 3.8) is 0 Å². The van der Waals surface area contributed by atoms with Gasteiger partial charge in [-0.2, -0.15) is 0 Å². The molecule has 0 radical (unpaired) electrons. The van der Waals surface area contributed by atoms with Crippen molar-refractivity contribution in [2.45, 2.75) is 18.6 Å². The summed E-state index contributed by atoms with van der Waals surface area (Å²) in [6.07, 6.45) is 0. The number of hydrogen-bond acceptors (Lipinski definition) is 6. The monoisotopic (exact) mass is 414 g/mol. The lowest BCUT2D eigenvalue weighted by Crippen LogP contribution is -2.14. The Morgan fingerprint density at radius 1 is 1.11 bits per heavy atom. The van der Waals surface area contributed by atoms with Crippen LogP contribution in [0, 0.1) is 0 Å². The SMILES string of the molecule is CCOc1ccc(N2CCn3c(SCC(=O)c4ccc(Cl)cc4)nnc32)cc1. The van der Waals surface area contributed by atoms with Crippen molar-refractivity contribution in [2.75, 3.05) is 23.8 Å². The summed E-state index contributed by atoms with van der Waals surface area (Å²) in [6, 6.07) is 14.9. The number of Topliss-reactive ketones (excluding diaryl/α,β-unsaturated/α-hetero) is 1. The highest BCUT2D eigenvalue weighted by Gasteiger charge is 2.26. The minimum atomic E-state index is 0.0420. The fraction of sp³-hybridized carbons (Fsp3) is 0.250. The van der Waals surface area contributed by atoms with Gasteiger partial charge in [-0.15, -0.1) is 10.2 Å². The molecule has 6 nitrogen and oxygen atoms in total. The highest BCUT2D eigenvalue weighted by molar-refractivity contribution is 7.99. The Labute approximate surface area is 172 Å². The number of thioether (sulfide) groups is 1. The third-order valence-corrected chi connectivity index (χ3v) is 5.66. The van der Waals surface area contributed by atoms with Gasteiger partial charge >= 0.3 is 0 Å². The van der Waals surface area contributed by atoms with Gasteiger partial charge < -0.3 is 9.64 Å². The molecule has 0 bridgehead atoms. The number of ether oxygens (including phenoxy) is 1. The van der Waals surface area contributed by atoms with Gasteiger partial charge in [0.1, 0.15) is 5.75 Å². The molecule has 8 heteroatoms. The molecule has 0 N–H and O–H groups in total. The molecule has 144 valence electrons.